The summed E-state index contributed by atoms with van der Waals surface area (Å²) in [6.45, 7) is 6.85. The molecule has 2 amide bonds. The van der Waals surface area contributed by atoms with Crippen LogP contribution in [0, 0.1) is 0 Å². The van der Waals surface area contributed by atoms with Crippen molar-refractivity contribution in [3.05, 3.63) is 27.7 Å². The van der Waals surface area contributed by atoms with Crippen LogP contribution < -0.4 is 10.6 Å². The third-order valence-electron chi connectivity index (χ3n) is 4.25. The SMILES string of the molecule is O=C(NCCCCN1CCN(CCO)CC1)Nc1ccc(Br)cc1Cl. The standard InChI is InChI=1S/C17H26BrClN4O2/c18-14-3-4-16(15(19)13-14)21-17(25)20-5-1-2-6-22-7-9-23(10-8-22)11-12-24/h3-4,13,24H,1-2,5-12H2,(H2,20,21,25). The Morgan fingerprint density at radius 2 is 1.84 bits per heavy atom. The molecule has 6 nitrogen and oxygen atoms in total. The van der Waals surface area contributed by atoms with Gasteiger partial charge < -0.3 is 20.6 Å². The van der Waals surface area contributed by atoms with Crippen molar-refractivity contribution in [2.75, 3.05) is 57.7 Å². The van der Waals surface area contributed by atoms with Crippen molar-refractivity contribution >= 4 is 39.2 Å². The van der Waals surface area contributed by atoms with Crippen molar-refractivity contribution in [2.45, 2.75) is 12.8 Å². The van der Waals surface area contributed by atoms with E-state index in [4.69, 9.17) is 16.7 Å². The Morgan fingerprint density at radius 1 is 1.16 bits per heavy atom. The summed E-state index contributed by atoms with van der Waals surface area (Å²) in [7, 11) is 0. The molecule has 1 saturated heterocycles. The van der Waals surface area contributed by atoms with Crippen molar-refractivity contribution in [3.63, 3.8) is 0 Å². The van der Waals surface area contributed by atoms with E-state index in [0.717, 1.165) is 56.6 Å². The van der Waals surface area contributed by atoms with Gasteiger partial charge in [0.15, 0.2) is 0 Å². The molecule has 8 heteroatoms. The number of hydrogen-bond acceptors (Lipinski definition) is 4. The van der Waals surface area contributed by atoms with Crippen molar-refractivity contribution < 1.29 is 9.90 Å². The number of carbonyl (C=O) groups excluding carboxylic acids is 1. The number of urea groups is 1. The van der Waals surface area contributed by atoms with Crippen LogP contribution in [0.15, 0.2) is 22.7 Å². The highest BCUT2D eigenvalue weighted by Gasteiger charge is 2.15. The fraction of sp³-hybridized carbons (Fsp3) is 0.588. The quantitative estimate of drug-likeness (QED) is 0.551. The average Bonchev–Trinajstić information content (AvgIpc) is 2.59. The molecular formula is C17H26BrClN4O2. The number of halogens is 2. The van der Waals surface area contributed by atoms with Gasteiger partial charge in [0, 0.05) is 43.7 Å². The molecule has 0 unspecified atom stereocenters. The lowest BCUT2D eigenvalue weighted by atomic mass is 10.2. The zero-order chi connectivity index (χ0) is 18.1. The number of hydrogen-bond donors (Lipinski definition) is 3. The Bertz CT molecular complexity index is 553. The van der Waals surface area contributed by atoms with Gasteiger partial charge in [0.25, 0.3) is 0 Å². The number of unbranched alkanes of at least 4 members (excludes halogenated alkanes) is 1. The zero-order valence-corrected chi connectivity index (χ0v) is 16.7. The highest BCUT2D eigenvalue weighted by molar-refractivity contribution is 9.10. The van der Waals surface area contributed by atoms with Crippen LogP contribution in [-0.2, 0) is 0 Å². The third-order valence-corrected chi connectivity index (χ3v) is 5.05. The first-order valence-corrected chi connectivity index (χ1v) is 9.81. The summed E-state index contributed by atoms with van der Waals surface area (Å²) in [5.74, 6) is 0. The zero-order valence-electron chi connectivity index (χ0n) is 14.3. The molecule has 1 aliphatic heterocycles. The van der Waals surface area contributed by atoms with Gasteiger partial charge in [0.1, 0.15) is 0 Å². The average molecular weight is 434 g/mol. The number of piperazine rings is 1. The van der Waals surface area contributed by atoms with E-state index in [9.17, 15) is 4.79 Å². The van der Waals surface area contributed by atoms with Gasteiger partial charge in [-0.3, -0.25) is 4.90 Å². The van der Waals surface area contributed by atoms with E-state index in [1.54, 1.807) is 12.1 Å². The van der Waals surface area contributed by atoms with Gasteiger partial charge in [-0.25, -0.2) is 4.79 Å². The minimum absolute atomic E-state index is 0.234. The van der Waals surface area contributed by atoms with Crippen molar-refractivity contribution in [2.24, 2.45) is 0 Å². The second-order valence-corrected chi connectivity index (χ2v) is 7.44. The molecule has 0 bridgehead atoms. The Kier molecular flexibility index (Phi) is 8.98. The minimum atomic E-state index is -0.234. The second-order valence-electron chi connectivity index (χ2n) is 6.12. The number of benzene rings is 1. The van der Waals surface area contributed by atoms with Gasteiger partial charge in [-0.2, -0.15) is 0 Å². The summed E-state index contributed by atoms with van der Waals surface area (Å²) in [6, 6.07) is 5.11. The Balaban J connectivity index is 1.55. The van der Waals surface area contributed by atoms with Gasteiger partial charge in [-0.05, 0) is 37.6 Å². The summed E-state index contributed by atoms with van der Waals surface area (Å²) in [4.78, 5) is 16.6. The first-order chi connectivity index (χ1) is 12.1. The first kappa shape index (κ1) is 20.5. The van der Waals surface area contributed by atoms with E-state index < -0.39 is 0 Å². The molecule has 0 aliphatic carbocycles. The van der Waals surface area contributed by atoms with E-state index in [0.29, 0.717) is 17.3 Å². The molecule has 2 rings (SSSR count). The van der Waals surface area contributed by atoms with Crippen LogP contribution in [0.1, 0.15) is 12.8 Å². The maximum absolute atomic E-state index is 11.9. The van der Waals surface area contributed by atoms with Gasteiger partial charge in [0.2, 0.25) is 0 Å². The van der Waals surface area contributed by atoms with Crippen LogP contribution in [0.5, 0.6) is 0 Å². The molecule has 0 aromatic heterocycles. The molecule has 1 aromatic carbocycles. The van der Waals surface area contributed by atoms with Crippen molar-refractivity contribution in [1.82, 2.24) is 15.1 Å². The van der Waals surface area contributed by atoms with Crippen LogP contribution >= 0.6 is 27.5 Å². The fourth-order valence-electron chi connectivity index (χ4n) is 2.80. The number of amides is 2. The largest absolute Gasteiger partial charge is 0.395 e. The summed E-state index contributed by atoms with van der Waals surface area (Å²) in [5.41, 5.74) is 0.600. The third kappa shape index (κ3) is 7.50. The van der Waals surface area contributed by atoms with Crippen molar-refractivity contribution in [1.29, 1.82) is 0 Å². The number of carbonyl (C=O) groups is 1. The smallest absolute Gasteiger partial charge is 0.319 e. The summed E-state index contributed by atoms with van der Waals surface area (Å²) in [5, 5.41) is 15.1. The number of anilines is 1. The summed E-state index contributed by atoms with van der Waals surface area (Å²) < 4.78 is 0.876. The van der Waals surface area contributed by atoms with Gasteiger partial charge in [0.05, 0.1) is 17.3 Å². The highest BCUT2D eigenvalue weighted by Crippen LogP contribution is 2.25. The maximum atomic E-state index is 11.9. The fourth-order valence-corrected chi connectivity index (χ4v) is 3.52. The normalized spacial score (nSPS) is 16.0. The Morgan fingerprint density at radius 3 is 2.48 bits per heavy atom. The second kappa shape index (κ2) is 11.0. The molecular weight excluding hydrogens is 408 g/mol. The molecule has 3 N–H and O–H groups in total. The van der Waals surface area contributed by atoms with Crippen LogP contribution in [0.3, 0.4) is 0 Å². The van der Waals surface area contributed by atoms with Gasteiger partial charge in [-0.15, -0.1) is 0 Å². The number of β-amino-alcohol motifs (C(OH)–C–C–N with tert-alkyl or cyclic N) is 1. The predicted molar refractivity (Wildman–Crippen MR) is 105 cm³/mol. The lowest BCUT2D eigenvalue weighted by Gasteiger charge is -2.34. The van der Waals surface area contributed by atoms with Crippen LogP contribution in [0.4, 0.5) is 10.5 Å². The number of nitrogens with one attached hydrogen (secondary N) is 2. The molecule has 1 aromatic rings. The molecule has 0 radical (unpaired) electrons. The molecule has 0 saturated carbocycles. The maximum Gasteiger partial charge on any atom is 0.319 e. The molecule has 1 heterocycles. The molecule has 0 atom stereocenters. The first-order valence-electron chi connectivity index (χ1n) is 8.64. The predicted octanol–water partition coefficient (Wildman–Crippen LogP) is 2.61. The van der Waals surface area contributed by atoms with E-state index in [1.165, 1.54) is 0 Å². The van der Waals surface area contributed by atoms with Crippen LogP contribution in [-0.4, -0.2) is 73.4 Å². The molecule has 1 aliphatic rings. The number of aliphatic hydroxyl groups is 1. The number of rotatable bonds is 8. The Labute approximate surface area is 162 Å². The minimum Gasteiger partial charge on any atom is -0.395 e. The number of nitrogens with zero attached hydrogens (tertiary/aromatic N) is 2. The van der Waals surface area contributed by atoms with Gasteiger partial charge in [-0.1, -0.05) is 27.5 Å². The van der Waals surface area contributed by atoms with Gasteiger partial charge >= 0.3 is 6.03 Å². The summed E-state index contributed by atoms with van der Waals surface area (Å²) >= 11 is 9.41. The Hall–Kier alpha value is -0.860. The monoisotopic (exact) mass is 432 g/mol. The molecule has 0 spiro atoms. The number of aliphatic hydroxyl groups excluding tert-OH is 1. The molecule has 1 fully saturated rings. The van der Waals surface area contributed by atoms with E-state index >= 15 is 0 Å². The van der Waals surface area contributed by atoms with E-state index in [2.05, 4.69) is 36.4 Å². The highest BCUT2D eigenvalue weighted by atomic mass is 79.9. The topological polar surface area (TPSA) is 67.8 Å². The van der Waals surface area contributed by atoms with Crippen LogP contribution in [0.2, 0.25) is 5.02 Å². The van der Waals surface area contributed by atoms with E-state index in [-0.39, 0.29) is 12.6 Å². The van der Waals surface area contributed by atoms with Crippen LogP contribution in [0.25, 0.3) is 0 Å². The lowest BCUT2D eigenvalue weighted by Crippen LogP contribution is -2.47. The van der Waals surface area contributed by atoms with E-state index in [1.807, 2.05) is 6.07 Å². The molecule has 140 valence electrons. The summed E-state index contributed by atoms with van der Waals surface area (Å²) in [6.07, 6.45) is 2.00. The van der Waals surface area contributed by atoms with Crippen molar-refractivity contribution in [3.8, 4) is 0 Å². The molecule has 25 heavy (non-hydrogen) atoms. The lowest BCUT2D eigenvalue weighted by molar-refractivity contribution is 0.111.